The molecule has 0 radical (unpaired) electrons. The first-order chi connectivity index (χ1) is 16.8. The van der Waals surface area contributed by atoms with Crippen LogP contribution >= 0.6 is 11.6 Å². The number of ether oxygens (including phenoxy) is 1. The number of rotatable bonds is 13. The van der Waals surface area contributed by atoms with Gasteiger partial charge >= 0.3 is 0 Å². The van der Waals surface area contributed by atoms with Gasteiger partial charge in [-0.25, -0.2) is 9.97 Å². The molecule has 2 aromatic rings. The van der Waals surface area contributed by atoms with E-state index in [-0.39, 0.29) is 41.0 Å². The third kappa shape index (κ3) is 10.0. The number of nitrogens with one attached hydrogen (secondary N) is 2. The van der Waals surface area contributed by atoms with Gasteiger partial charge in [-0.3, -0.25) is 19.9 Å². The minimum absolute atomic E-state index is 0.00592. The topological polar surface area (TPSA) is 184 Å². The first-order valence-electron chi connectivity index (χ1n) is 11.5. The van der Waals surface area contributed by atoms with Crippen molar-refractivity contribution >= 4 is 41.0 Å². The maximum absolute atomic E-state index is 12.2. The third-order valence-electron chi connectivity index (χ3n) is 4.91. The van der Waals surface area contributed by atoms with Crippen LogP contribution in [0, 0.1) is 0 Å². The van der Waals surface area contributed by atoms with Crippen molar-refractivity contribution in [1.29, 1.82) is 0 Å². The summed E-state index contributed by atoms with van der Waals surface area (Å²) >= 11 is 5.78. The number of halogens is 1. The molecule has 8 N–H and O–H groups in total. The summed E-state index contributed by atoms with van der Waals surface area (Å²) in [6.45, 7) is 3.24. The van der Waals surface area contributed by atoms with Crippen molar-refractivity contribution in [3.05, 3.63) is 40.7 Å². The standard InChI is InChI=1S/C23H33ClN8O3/c1-2-3-5-12-28-17(33)14-35-16-10-8-15(9-11-16)7-4-6-13-29-23(27)32-22(34)18-20(25)31-21(26)19(24)30-18/h8-11H,2-7,12-14H2,1H3,(H,28,33)(H4,25,26,31)(H3,27,29,32,34). The second-order valence-corrected chi connectivity index (χ2v) is 8.16. The highest BCUT2D eigenvalue weighted by molar-refractivity contribution is 6.31. The number of hydrogen-bond donors (Lipinski definition) is 5. The lowest BCUT2D eigenvalue weighted by atomic mass is 10.1. The van der Waals surface area contributed by atoms with Gasteiger partial charge in [0.25, 0.3) is 11.8 Å². The van der Waals surface area contributed by atoms with E-state index >= 15 is 0 Å². The largest absolute Gasteiger partial charge is 0.484 e. The molecule has 1 aromatic carbocycles. The summed E-state index contributed by atoms with van der Waals surface area (Å²) < 4.78 is 5.52. The predicted molar refractivity (Wildman–Crippen MR) is 137 cm³/mol. The van der Waals surface area contributed by atoms with Crippen molar-refractivity contribution < 1.29 is 14.3 Å². The number of nitrogens with zero attached hydrogens (tertiary/aromatic N) is 3. The number of carbonyl (C=O) groups is 2. The summed E-state index contributed by atoms with van der Waals surface area (Å²) in [5.41, 5.74) is 17.9. The molecule has 11 nitrogen and oxygen atoms in total. The lowest BCUT2D eigenvalue weighted by Gasteiger charge is -2.08. The molecule has 0 bridgehead atoms. The number of anilines is 2. The maximum atomic E-state index is 12.2. The highest BCUT2D eigenvalue weighted by Crippen LogP contribution is 2.17. The molecule has 190 valence electrons. The fourth-order valence-corrected chi connectivity index (χ4v) is 3.15. The Kier molecular flexibility index (Phi) is 11.5. The van der Waals surface area contributed by atoms with Gasteiger partial charge in [-0.2, -0.15) is 0 Å². The SMILES string of the molecule is CCCCCNC(=O)COc1ccc(CCCCN=C(N)NC(=O)c2nc(Cl)c(N)nc2N)cc1. The first kappa shape index (κ1) is 27.6. The monoisotopic (exact) mass is 504 g/mol. The lowest BCUT2D eigenvalue weighted by molar-refractivity contribution is -0.123. The second kappa shape index (κ2) is 14.6. The molecule has 0 atom stereocenters. The number of benzene rings is 1. The molecular formula is C23H33ClN8O3. The van der Waals surface area contributed by atoms with Crippen molar-refractivity contribution in [2.75, 3.05) is 31.2 Å². The van der Waals surface area contributed by atoms with Crippen molar-refractivity contribution in [2.24, 2.45) is 10.7 Å². The lowest BCUT2D eigenvalue weighted by Crippen LogP contribution is -2.38. The molecule has 1 aromatic heterocycles. The average molecular weight is 505 g/mol. The van der Waals surface area contributed by atoms with E-state index in [2.05, 4.69) is 32.5 Å². The number of nitrogen functional groups attached to an aromatic ring is 2. The van der Waals surface area contributed by atoms with Crippen LogP contribution in [-0.2, 0) is 11.2 Å². The van der Waals surface area contributed by atoms with E-state index in [1.807, 2.05) is 24.3 Å². The van der Waals surface area contributed by atoms with Crippen molar-refractivity contribution in [2.45, 2.75) is 45.4 Å². The average Bonchev–Trinajstić information content (AvgIpc) is 2.83. The van der Waals surface area contributed by atoms with Gasteiger partial charge in [-0.05, 0) is 43.4 Å². The Hall–Kier alpha value is -3.60. The molecule has 35 heavy (non-hydrogen) atoms. The number of amides is 2. The molecule has 2 amide bonds. The van der Waals surface area contributed by atoms with E-state index in [0.717, 1.165) is 44.1 Å². The van der Waals surface area contributed by atoms with Crippen LogP contribution in [-0.4, -0.2) is 47.4 Å². The molecule has 2 rings (SSSR count). The van der Waals surface area contributed by atoms with Crippen LogP contribution in [0.15, 0.2) is 29.3 Å². The summed E-state index contributed by atoms with van der Waals surface area (Å²) in [7, 11) is 0. The van der Waals surface area contributed by atoms with Gasteiger partial charge in [-0.1, -0.05) is 43.5 Å². The highest BCUT2D eigenvalue weighted by atomic mass is 35.5. The molecule has 0 saturated heterocycles. The number of nitrogens with two attached hydrogens (primary N) is 3. The number of guanidine groups is 1. The number of hydrogen-bond acceptors (Lipinski definition) is 8. The second-order valence-electron chi connectivity index (χ2n) is 7.80. The van der Waals surface area contributed by atoms with Gasteiger partial charge in [-0.15, -0.1) is 0 Å². The summed E-state index contributed by atoms with van der Waals surface area (Å²) in [5, 5.41) is 5.12. The van der Waals surface area contributed by atoms with Gasteiger partial charge in [0.05, 0.1) is 0 Å². The van der Waals surface area contributed by atoms with Crippen LogP contribution in [0.1, 0.15) is 55.1 Å². The zero-order chi connectivity index (χ0) is 25.6. The number of aliphatic imine (C=N–C) groups is 1. The summed E-state index contributed by atoms with van der Waals surface area (Å²) in [5.74, 6) is -0.410. The maximum Gasteiger partial charge on any atom is 0.280 e. The van der Waals surface area contributed by atoms with E-state index in [1.165, 1.54) is 0 Å². The van der Waals surface area contributed by atoms with E-state index in [9.17, 15) is 9.59 Å². The van der Waals surface area contributed by atoms with E-state index < -0.39 is 5.91 Å². The molecule has 0 aliphatic carbocycles. The van der Waals surface area contributed by atoms with Crippen LogP contribution in [0.25, 0.3) is 0 Å². The van der Waals surface area contributed by atoms with Crippen LogP contribution < -0.4 is 32.6 Å². The van der Waals surface area contributed by atoms with Gasteiger partial charge in [0.1, 0.15) is 5.75 Å². The van der Waals surface area contributed by atoms with Crippen LogP contribution in [0.2, 0.25) is 5.15 Å². The van der Waals surface area contributed by atoms with Crippen LogP contribution in [0.3, 0.4) is 0 Å². The van der Waals surface area contributed by atoms with Gasteiger partial charge in [0, 0.05) is 13.1 Å². The Morgan fingerprint density at radius 1 is 1.06 bits per heavy atom. The normalized spacial score (nSPS) is 11.2. The van der Waals surface area contributed by atoms with E-state index in [0.29, 0.717) is 18.8 Å². The minimum Gasteiger partial charge on any atom is -0.484 e. The molecule has 0 saturated carbocycles. The van der Waals surface area contributed by atoms with Crippen LogP contribution in [0.4, 0.5) is 11.6 Å². The van der Waals surface area contributed by atoms with Gasteiger partial charge in [0.15, 0.2) is 35.0 Å². The Balaban J connectivity index is 1.66. The molecule has 0 spiro atoms. The summed E-state index contributed by atoms with van der Waals surface area (Å²) in [4.78, 5) is 35.7. The van der Waals surface area contributed by atoms with Gasteiger partial charge < -0.3 is 27.3 Å². The summed E-state index contributed by atoms with van der Waals surface area (Å²) in [6.07, 6.45) is 5.68. The molecule has 12 heteroatoms. The number of aromatic nitrogens is 2. The number of aryl methyl sites for hydroxylation is 1. The van der Waals surface area contributed by atoms with E-state index in [1.54, 1.807) is 0 Å². The van der Waals surface area contributed by atoms with Crippen molar-refractivity contribution in [3.8, 4) is 5.75 Å². The zero-order valence-corrected chi connectivity index (χ0v) is 20.6. The molecule has 0 aliphatic heterocycles. The number of unbranched alkanes of at least 4 members (excludes halogenated alkanes) is 3. The highest BCUT2D eigenvalue weighted by Gasteiger charge is 2.16. The van der Waals surface area contributed by atoms with Crippen molar-refractivity contribution in [1.82, 2.24) is 20.6 Å². The zero-order valence-electron chi connectivity index (χ0n) is 19.8. The molecule has 0 aliphatic rings. The smallest absolute Gasteiger partial charge is 0.280 e. The molecule has 1 heterocycles. The quantitative estimate of drug-likeness (QED) is 0.156. The van der Waals surface area contributed by atoms with E-state index in [4.69, 9.17) is 33.5 Å². The Bertz CT molecular complexity index is 1010. The third-order valence-corrected chi connectivity index (χ3v) is 5.19. The summed E-state index contributed by atoms with van der Waals surface area (Å²) in [6, 6.07) is 7.64. The fraction of sp³-hybridized carbons (Fsp3) is 0.435. The molecule has 0 unspecified atom stereocenters. The Morgan fingerprint density at radius 3 is 2.51 bits per heavy atom. The van der Waals surface area contributed by atoms with Crippen LogP contribution in [0.5, 0.6) is 5.75 Å². The molecule has 0 fully saturated rings. The first-order valence-corrected chi connectivity index (χ1v) is 11.9. The van der Waals surface area contributed by atoms with Gasteiger partial charge in [0.2, 0.25) is 0 Å². The number of carbonyl (C=O) groups excluding carboxylic acids is 2. The predicted octanol–water partition coefficient (Wildman–Crippen LogP) is 2.05. The Labute approximate surface area is 209 Å². The Morgan fingerprint density at radius 2 is 1.80 bits per heavy atom. The fourth-order valence-electron chi connectivity index (χ4n) is 3.02. The molecular weight excluding hydrogens is 472 g/mol. The minimum atomic E-state index is -0.672. The van der Waals surface area contributed by atoms with Crippen molar-refractivity contribution in [3.63, 3.8) is 0 Å².